The molecule has 8 nitrogen and oxygen atoms in total. The number of benzene rings is 3. The molecule has 2 fully saturated rings. The molecule has 2 amide bonds. The van der Waals surface area contributed by atoms with Gasteiger partial charge in [0.05, 0.1) is 25.2 Å². The third-order valence-electron chi connectivity index (χ3n) is 7.88. The normalized spacial score (nSPS) is 17.5. The van der Waals surface area contributed by atoms with Crippen molar-refractivity contribution in [2.45, 2.75) is 32.1 Å². The van der Waals surface area contributed by atoms with Crippen molar-refractivity contribution in [1.29, 1.82) is 0 Å². The summed E-state index contributed by atoms with van der Waals surface area (Å²) in [7, 11) is 0. The van der Waals surface area contributed by atoms with Crippen molar-refractivity contribution in [2.75, 3.05) is 50.3 Å². The van der Waals surface area contributed by atoms with Crippen molar-refractivity contribution >= 4 is 23.2 Å². The highest BCUT2D eigenvalue weighted by Crippen LogP contribution is 2.51. The molecule has 1 aliphatic carbocycles. The van der Waals surface area contributed by atoms with Crippen molar-refractivity contribution in [3.63, 3.8) is 0 Å². The summed E-state index contributed by atoms with van der Waals surface area (Å²) in [6, 6.07) is 17.7. The van der Waals surface area contributed by atoms with E-state index >= 15 is 0 Å². The van der Waals surface area contributed by atoms with Crippen molar-refractivity contribution in [3.05, 3.63) is 71.3 Å². The second-order valence-electron chi connectivity index (χ2n) is 10.6. The molecule has 0 spiro atoms. The van der Waals surface area contributed by atoms with Gasteiger partial charge < -0.3 is 24.8 Å². The van der Waals surface area contributed by atoms with Crippen LogP contribution >= 0.6 is 0 Å². The standard InChI is InChI=1S/C31H33N3O5.2H2/c1-20-3-5-24(33-30(36)31(9-10-31)22-4-8-27-28(16-22)39-19-38-27)17-26(20)25-7-6-23(15-21(25)2)32-29(35)18-34-11-13-37-14-12-34;;/h3-8,15-17H,9-14,18-19H2,1-2H3,(H,32,35)(H,33,36);2*1H. The number of anilines is 2. The number of nitrogens with zero attached hydrogens (tertiary/aromatic N) is 1. The Bertz CT molecular complexity index is 1440. The number of amides is 2. The molecule has 0 atom stereocenters. The maximum absolute atomic E-state index is 13.5. The monoisotopic (exact) mass is 531 g/mol. The molecule has 0 unspecified atom stereocenters. The van der Waals surface area contributed by atoms with Crippen molar-refractivity contribution in [1.82, 2.24) is 4.90 Å². The van der Waals surface area contributed by atoms with Crippen LogP contribution in [0.5, 0.6) is 11.5 Å². The molecule has 3 aliphatic rings. The first-order valence-corrected chi connectivity index (χ1v) is 13.4. The van der Waals surface area contributed by atoms with E-state index < -0.39 is 5.41 Å². The Balaban J connectivity index is 0.00000194. The van der Waals surface area contributed by atoms with Crippen LogP contribution in [0.3, 0.4) is 0 Å². The lowest BCUT2D eigenvalue weighted by atomic mass is 9.93. The highest BCUT2D eigenvalue weighted by Gasteiger charge is 2.51. The van der Waals surface area contributed by atoms with Crippen LogP contribution in [0.15, 0.2) is 54.6 Å². The molecule has 2 aliphatic heterocycles. The molecule has 8 heteroatoms. The van der Waals surface area contributed by atoms with Gasteiger partial charge in [-0.3, -0.25) is 14.5 Å². The first-order chi connectivity index (χ1) is 18.9. The van der Waals surface area contributed by atoms with Crippen LogP contribution < -0.4 is 20.1 Å². The molecular formula is C31H37N3O5. The fourth-order valence-corrected chi connectivity index (χ4v) is 5.41. The SMILES string of the molecule is Cc1cc(NC(=O)CN2CCOCC2)ccc1-c1cc(NC(=O)C2(c3ccc4c(c3)OCO4)CC2)ccc1C.[HH].[HH]. The van der Waals surface area contributed by atoms with Crippen LogP contribution in [-0.2, 0) is 19.7 Å². The highest BCUT2D eigenvalue weighted by atomic mass is 16.7. The fourth-order valence-electron chi connectivity index (χ4n) is 5.41. The van der Waals surface area contributed by atoms with E-state index in [1.807, 2.05) is 61.5 Å². The summed E-state index contributed by atoms with van der Waals surface area (Å²) in [6.45, 7) is 7.55. The summed E-state index contributed by atoms with van der Waals surface area (Å²) in [5, 5.41) is 6.18. The zero-order valence-corrected chi connectivity index (χ0v) is 22.3. The molecule has 206 valence electrons. The van der Waals surface area contributed by atoms with Crippen molar-refractivity contribution in [2.24, 2.45) is 0 Å². The van der Waals surface area contributed by atoms with E-state index in [4.69, 9.17) is 14.2 Å². The quantitative estimate of drug-likeness (QED) is 0.439. The lowest BCUT2D eigenvalue weighted by Gasteiger charge is -2.25. The summed E-state index contributed by atoms with van der Waals surface area (Å²) in [4.78, 5) is 28.1. The van der Waals surface area contributed by atoms with Gasteiger partial charge in [0, 0.05) is 27.3 Å². The average Bonchev–Trinajstić information content (AvgIpc) is 3.61. The maximum atomic E-state index is 13.5. The minimum Gasteiger partial charge on any atom is -0.454 e. The van der Waals surface area contributed by atoms with Gasteiger partial charge in [0.15, 0.2) is 11.5 Å². The summed E-state index contributed by atoms with van der Waals surface area (Å²) in [5.41, 5.74) is 6.21. The molecule has 2 heterocycles. The molecular weight excluding hydrogens is 494 g/mol. The van der Waals surface area contributed by atoms with E-state index in [0.717, 1.165) is 70.9 Å². The van der Waals surface area contributed by atoms with Crippen molar-refractivity contribution in [3.8, 4) is 22.6 Å². The number of rotatable bonds is 7. The minimum atomic E-state index is -0.539. The zero-order chi connectivity index (χ0) is 27.0. The molecule has 3 aromatic rings. The Morgan fingerprint density at radius 3 is 2.36 bits per heavy atom. The molecule has 1 saturated heterocycles. The lowest BCUT2D eigenvalue weighted by Crippen LogP contribution is -2.41. The third kappa shape index (κ3) is 5.22. The number of aryl methyl sites for hydroxylation is 2. The van der Waals surface area contributed by atoms with Gasteiger partial charge in [-0.05, 0) is 90.9 Å². The van der Waals surface area contributed by atoms with E-state index in [1.54, 1.807) is 0 Å². The summed E-state index contributed by atoms with van der Waals surface area (Å²) >= 11 is 0. The van der Waals surface area contributed by atoms with Gasteiger partial charge in [0.1, 0.15) is 0 Å². The van der Waals surface area contributed by atoms with Crippen LogP contribution in [0, 0.1) is 13.8 Å². The van der Waals surface area contributed by atoms with E-state index in [0.29, 0.717) is 25.5 Å². The number of nitrogens with one attached hydrogen (secondary N) is 2. The van der Waals surface area contributed by atoms with Crippen LogP contribution in [-0.4, -0.2) is 56.4 Å². The van der Waals surface area contributed by atoms with E-state index in [1.165, 1.54) is 0 Å². The van der Waals surface area contributed by atoms with Crippen LogP contribution in [0.1, 0.15) is 32.4 Å². The van der Waals surface area contributed by atoms with Crippen molar-refractivity contribution < 1.29 is 26.7 Å². The second kappa shape index (κ2) is 10.4. The maximum Gasteiger partial charge on any atom is 0.238 e. The number of hydrogen-bond donors (Lipinski definition) is 2. The van der Waals surface area contributed by atoms with Gasteiger partial charge in [-0.1, -0.05) is 18.2 Å². The minimum absolute atomic E-state index is 0. The topological polar surface area (TPSA) is 89.1 Å². The Hall–Kier alpha value is -3.88. The predicted octanol–water partition coefficient (Wildman–Crippen LogP) is 5.13. The van der Waals surface area contributed by atoms with Gasteiger partial charge in [-0.25, -0.2) is 0 Å². The van der Waals surface area contributed by atoms with Gasteiger partial charge in [0.2, 0.25) is 18.6 Å². The molecule has 0 aromatic heterocycles. The Morgan fingerprint density at radius 2 is 1.59 bits per heavy atom. The fraction of sp³-hybridized carbons (Fsp3) is 0.355. The number of ether oxygens (including phenoxy) is 3. The predicted molar refractivity (Wildman–Crippen MR) is 154 cm³/mol. The van der Waals surface area contributed by atoms with Gasteiger partial charge in [0.25, 0.3) is 0 Å². The highest BCUT2D eigenvalue weighted by molar-refractivity contribution is 6.02. The van der Waals surface area contributed by atoms with E-state index in [9.17, 15) is 9.59 Å². The largest absolute Gasteiger partial charge is 0.454 e. The summed E-state index contributed by atoms with van der Waals surface area (Å²) in [6.07, 6.45) is 1.60. The number of carbonyl (C=O) groups is 2. The molecule has 39 heavy (non-hydrogen) atoms. The third-order valence-corrected chi connectivity index (χ3v) is 7.88. The van der Waals surface area contributed by atoms with E-state index in [2.05, 4.69) is 22.5 Å². The number of fused-ring (bicyclic) bond motifs is 1. The molecule has 2 N–H and O–H groups in total. The Morgan fingerprint density at radius 1 is 0.846 bits per heavy atom. The number of morpholine rings is 1. The summed E-state index contributed by atoms with van der Waals surface area (Å²) in [5.74, 6) is 1.38. The number of carbonyl (C=O) groups excluding carboxylic acids is 2. The Kier molecular flexibility index (Phi) is 6.74. The molecule has 3 aromatic carbocycles. The smallest absolute Gasteiger partial charge is 0.238 e. The van der Waals surface area contributed by atoms with Gasteiger partial charge >= 0.3 is 0 Å². The van der Waals surface area contributed by atoms with Gasteiger partial charge in [-0.2, -0.15) is 0 Å². The molecule has 0 bridgehead atoms. The second-order valence-corrected chi connectivity index (χ2v) is 10.6. The first-order valence-electron chi connectivity index (χ1n) is 13.4. The number of hydrogen-bond acceptors (Lipinski definition) is 6. The van der Waals surface area contributed by atoms with Crippen LogP contribution in [0.4, 0.5) is 11.4 Å². The first kappa shape index (κ1) is 25.4. The Labute approximate surface area is 231 Å². The lowest BCUT2D eigenvalue weighted by molar-refractivity contribution is -0.119. The molecule has 6 rings (SSSR count). The summed E-state index contributed by atoms with van der Waals surface area (Å²) < 4.78 is 16.3. The van der Waals surface area contributed by atoms with Crippen LogP contribution in [0.25, 0.3) is 11.1 Å². The average molecular weight is 532 g/mol. The van der Waals surface area contributed by atoms with Crippen LogP contribution in [0.2, 0.25) is 0 Å². The molecule has 1 saturated carbocycles. The van der Waals surface area contributed by atoms with Gasteiger partial charge in [-0.15, -0.1) is 0 Å². The van der Waals surface area contributed by atoms with E-state index in [-0.39, 0.29) is 21.5 Å². The zero-order valence-electron chi connectivity index (χ0n) is 22.3. The molecule has 0 radical (unpaired) electrons.